The van der Waals surface area contributed by atoms with Crippen molar-refractivity contribution in [1.29, 1.82) is 0 Å². The monoisotopic (exact) mass is 327 g/mol. The van der Waals surface area contributed by atoms with Gasteiger partial charge in [0.25, 0.3) is 5.69 Å². The first-order valence-corrected chi connectivity index (χ1v) is 7.55. The van der Waals surface area contributed by atoms with Gasteiger partial charge in [0.05, 0.1) is 23.2 Å². The molecule has 1 unspecified atom stereocenters. The van der Waals surface area contributed by atoms with Gasteiger partial charge in [0, 0.05) is 11.5 Å². The number of non-ortho nitro benzene ring substituents is 1. The first-order valence-electron chi connectivity index (χ1n) is 7.55. The van der Waals surface area contributed by atoms with Crippen LogP contribution in [0.3, 0.4) is 0 Å². The highest BCUT2D eigenvalue weighted by Crippen LogP contribution is 2.40. The summed E-state index contributed by atoms with van der Waals surface area (Å²) in [6.45, 7) is 1.82. The lowest BCUT2D eigenvalue weighted by Crippen LogP contribution is -2.18. The summed E-state index contributed by atoms with van der Waals surface area (Å²) in [5.74, 6) is 0.440. The number of ether oxygens (including phenoxy) is 1. The number of hydrogen-bond donors (Lipinski definition) is 2. The zero-order valence-electron chi connectivity index (χ0n) is 13.3. The molecule has 0 aliphatic carbocycles. The Bertz CT molecular complexity index is 926. The fourth-order valence-corrected chi connectivity index (χ4v) is 2.69. The highest BCUT2D eigenvalue weighted by molar-refractivity contribution is 6.12. The zero-order chi connectivity index (χ0) is 17.3. The number of fused-ring (bicyclic) bond motifs is 2. The van der Waals surface area contributed by atoms with Crippen LogP contribution in [0.5, 0.6) is 5.75 Å². The molecule has 24 heavy (non-hydrogen) atoms. The fraction of sp³-hybridized carbons (Fsp3) is 0.235. The highest BCUT2D eigenvalue weighted by Gasteiger charge is 2.23. The molecule has 0 radical (unpaired) electrons. The molecule has 1 aromatic heterocycles. The van der Waals surface area contributed by atoms with E-state index >= 15 is 0 Å². The van der Waals surface area contributed by atoms with Crippen molar-refractivity contribution in [2.24, 2.45) is 0 Å². The molecule has 7 nitrogen and oxygen atoms in total. The van der Waals surface area contributed by atoms with Crippen molar-refractivity contribution >= 4 is 33.2 Å². The van der Waals surface area contributed by atoms with Crippen molar-refractivity contribution in [3.63, 3.8) is 0 Å². The number of aliphatic hydroxyl groups excluding tert-OH is 1. The molecule has 124 valence electrons. The van der Waals surface area contributed by atoms with Gasteiger partial charge in [0.15, 0.2) is 0 Å². The van der Waals surface area contributed by atoms with Crippen molar-refractivity contribution in [3.05, 3.63) is 46.5 Å². The maximum absolute atomic E-state index is 11.5. The van der Waals surface area contributed by atoms with Crippen LogP contribution < -0.4 is 10.1 Å². The minimum absolute atomic E-state index is 0.0881. The van der Waals surface area contributed by atoms with Gasteiger partial charge in [-0.15, -0.1) is 0 Å². The molecule has 0 amide bonds. The van der Waals surface area contributed by atoms with E-state index in [2.05, 4.69) is 10.3 Å². The molecule has 3 aromatic rings. The predicted octanol–water partition coefficient (Wildman–Crippen LogP) is 3.45. The Balaban J connectivity index is 2.49. The number of aliphatic hydroxyl groups is 1. The SMILES string of the molecule is CCC(O)Nc1c2ccccc2nc2c(OC)ccc([N+](=O)[O-])c12. The van der Waals surface area contributed by atoms with Gasteiger partial charge in [0.1, 0.15) is 22.9 Å². The smallest absolute Gasteiger partial charge is 0.281 e. The first kappa shape index (κ1) is 15.9. The zero-order valence-corrected chi connectivity index (χ0v) is 13.3. The summed E-state index contributed by atoms with van der Waals surface area (Å²) in [6.07, 6.45) is -0.375. The Morgan fingerprint density at radius 1 is 1.33 bits per heavy atom. The molecular weight excluding hydrogens is 310 g/mol. The van der Waals surface area contributed by atoms with Gasteiger partial charge in [-0.3, -0.25) is 10.1 Å². The van der Waals surface area contributed by atoms with E-state index in [0.717, 1.165) is 0 Å². The number of methoxy groups -OCH3 is 1. The first-order chi connectivity index (χ1) is 11.6. The number of nitro benzene ring substituents is 1. The Labute approximate surface area is 138 Å². The van der Waals surface area contributed by atoms with Gasteiger partial charge < -0.3 is 15.2 Å². The molecule has 0 aliphatic rings. The Morgan fingerprint density at radius 3 is 2.75 bits per heavy atom. The van der Waals surface area contributed by atoms with Crippen LogP contribution in [-0.2, 0) is 0 Å². The van der Waals surface area contributed by atoms with Gasteiger partial charge in [0.2, 0.25) is 0 Å². The molecule has 2 aromatic carbocycles. The molecule has 7 heteroatoms. The molecule has 0 saturated carbocycles. The number of pyridine rings is 1. The van der Waals surface area contributed by atoms with E-state index in [1.807, 2.05) is 31.2 Å². The van der Waals surface area contributed by atoms with Crippen molar-refractivity contribution < 1.29 is 14.8 Å². The predicted molar refractivity (Wildman–Crippen MR) is 92.4 cm³/mol. The van der Waals surface area contributed by atoms with E-state index in [1.165, 1.54) is 19.2 Å². The summed E-state index contributed by atoms with van der Waals surface area (Å²) in [7, 11) is 1.49. The normalized spacial score (nSPS) is 12.3. The maximum Gasteiger partial charge on any atom is 0.281 e. The maximum atomic E-state index is 11.5. The average Bonchev–Trinajstić information content (AvgIpc) is 2.60. The minimum atomic E-state index is -0.829. The molecule has 1 atom stereocenters. The van der Waals surface area contributed by atoms with Crippen molar-refractivity contribution in [1.82, 2.24) is 4.98 Å². The molecule has 0 saturated heterocycles. The Hall–Kier alpha value is -2.93. The van der Waals surface area contributed by atoms with Crippen LogP contribution in [0.2, 0.25) is 0 Å². The highest BCUT2D eigenvalue weighted by atomic mass is 16.6. The van der Waals surface area contributed by atoms with Crippen LogP contribution in [0.4, 0.5) is 11.4 Å². The van der Waals surface area contributed by atoms with Crippen LogP contribution in [0.25, 0.3) is 21.8 Å². The van der Waals surface area contributed by atoms with Crippen molar-refractivity contribution in [3.8, 4) is 5.75 Å². The van der Waals surface area contributed by atoms with Crippen LogP contribution in [0, 0.1) is 10.1 Å². The van der Waals surface area contributed by atoms with Gasteiger partial charge in [-0.2, -0.15) is 0 Å². The summed E-state index contributed by atoms with van der Waals surface area (Å²) in [6, 6.07) is 10.2. The summed E-state index contributed by atoms with van der Waals surface area (Å²) in [5, 5.41) is 25.6. The van der Waals surface area contributed by atoms with E-state index in [1.54, 1.807) is 0 Å². The number of nitro groups is 1. The van der Waals surface area contributed by atoms with Crippen LogP contribution in [-0.4, -0.2) is 28.4 Å². The van der Waals surface area contributed by atoms with Crippen LogP contribution in [0.1, 0.15) is 13.3 Å². The second-order valence-corrected chi connectivity index (χ2v) is 5.34. The van der Waals surface area contributed by atoms with E-state index in [-0.39, 0.29) is 5.69 Å². The summed E-state index contributed by atoms with van der Waals surface area (Å²) in [5.41, 5.74) is 1.44. The van der Waals surface area contributed by atoms with Crippen molar-refractivity contribution in [2.75, 3.05) is 12.4 Å². The van der Waals surface area contributed by atoms with E-state index in [9.17, 15) is 15.2 Å². The van der Waals surface area contributed by atoms with Gasteiger partial charge in [-0.1, -0.05) is 25.1 Å². The van der Waals surface area contributed by atoms with Gasteiger partial charge in [-0.05, 0) is 18.6 Å². The van der Waals surface area contributed by atoms with E-state index < -0.39 is 11.2 Å². The molecule has 2 N–H and O–H groups in total. The standard InChI is InChI=1S/C17H17N3O4/c1-3-14(21)19-16-10-6-4-5-7-11(10)18-17-13(24-2)9-8-12(15(16)17)20(22)23/h4-9,14,21H,3H2,1-2H3,(H,18,19). The lowest BCUT2D eigenvalue weighted by Gasteiger charge is -2.17. The second kappa shape index (κ2) is 6.29. The molecular formula is C17H17N3O4. The summed E-state index contributed by atoms with van der Waals surface area (Å²) in [4.78, 5) is 15.6. The third-order valence-corrected chi connectivity index (χ3v) is 3.89. The Kier molecular flexibility index (Phi) is 4.18. The molecule has 1 heterocycles. The quantitative estimate of drug-likeness (QED) is 0.322. The number of hydrogen-bond acceptors (Lipinski definition) is 6. The topological polar surface area (TPSA) is 97.5 Å². The lowest BCUT2D eigenvalue weighted by atomic mass is 10.1. The minimum Gasteiger partial charge on any atom is -0.494 e. The number of anilines is 1. The van der Waals surface area contributed by atoms with Crippen molar-refractivity contribution in [2.45, 2.75) is 19.6 Å². The third kappa shape index (κ3) is 2.59. The number of nitrogens with one attached hydrogen (secondary N) is 1. The molecule has 3 rings (SSSR count). The van der Waals surface area contributed by atoms with Gasteiger partial charge in [-0.25, -0.2) is 4.98 Å². The number of benzene rings is 2. The average molecular weight is 327 g/mol. The van der Waals surface area contributed by atoms with Crippen LogP contribution >= 0.6 is 0 Å². The third-order valence-electron chi connectivity index (χ3n) is 3.89. The Morgan fingerprint density at radius 2 is 2.08 bits per heavy atom. The number of nitrogens with zero attached hydrogens (tertiary/aromatic N) is 2. The molecule has 0 spiro atoms. The fourth-order valence-electron chi connectivity index (χ4n) is 2.69. The summed E-state index contributed by atoms with van der Waals surface area (Å²) < 4.78 is 5.32. The number of para-hydroxylation sites is 1. The number of aromatic nitrogens is 1. The van der Waals surface area contributed by atoms with Crippen LogP contribution in [0.15, 0.2) is 36.4 Å². The van der Waals surface area contributed by atoms with Gasteiger partial charge >= 0.3 is 0 Å². The molecule has 0 aliphatic heterocycles. The van der Waals surface area contributed by atoms with E-state index in [0.29, 0.717) is 39.7 Å². The number of rotatable bonds is 5. The lowest BCUT2D eigenvalue weighted by molar-refractivity contribution is -0.383. The molecule has 0 bridgehead atoms. The largest absolute Gasteiger partial charge is 0.494 e. The van der Waals surface area contributed by atoms with E-state index in [4.69, 9.17) is 4.74 Å². The summed E-state index contributed by atoms with van der Waals surface area (Å²) >= 11 is 0. The molecule has 0 fully saturated rings. The second-order valence-electron chi connectivity index (χ2n) is 5.34.